The lowest BCUT2D eigenvalue weighted by Gasteiger charge is -2.07. The summed E-state index contributed by atoms with van der Waals surface area (Å²) in [5, 5.41) is 9.81. The van der Waals surface area contributed by atoms with E-state index in [4.69, 9.17) is 34.0 Å². The van der Waals surface area contributed by atoms with Crippen LogP contribution in [0.3, 0.4) is 0 Å². The molecule has 0 fully saturated rings. The topological polar surface area (TPSA) is 46.2 Å². The molecule has 0 bridgehead atoms. The van der Waals surface area contributed by atoms with Gasteiger partial charge in [0.2, 0.25) is 0 Å². The van der Waals surface area contributed by atoms with E-state index in [0.29, 0.717) is 10.0 Å². The van der Waals surface area contributed by atoms with E-state index in [9.17, 15) is 4.39 Å². The molecule has 5 heteroatoms. The Kier molecular flexibility index (Phi) is 10.9. The molecule has 116 valence electrons. The highest BCUT2D eigenvalue weighted by Gasteiger charge is 2.02. The van der Waals surface area contributed by atoms with E-state index < -0.39 is 0 Å². The zero-order chi connectivity index (χ0) is 16.3. The molecule has 0 spiro atoms. The molecule has 2 aromatic rings. The Morgan fingerprint density at radius 1 is 1.05 bits per heavy atom. The predicted octanol–water partition coefficient (Wildman–Crippen LogP) is 4.84. The van der Waals surface area contributed by atoms with Gasteiger partial charge in [-0.05, 0) is 35.9 Å². The Morgan fingerprint density at radius 2 is 1.62 bits per heavy atom. The summed E-state index contributed by atoms with van der Waals surface area (Å²) in [6, 6.07) is 12.6. The number of aliphatic hydroxyl groups excluding tert-OH is 1. The molecule has 2 nitrogen and oxygen atoms in total. The second-order valence-corrected chi connectivity index (χ2v) is 4.65. The van der Waals surface area contributed by atoms with Crippen LogP contribution in [0.4, 0.5) is 4.39 Å². The van der Waals surface area contributed by atoms with Gasteiger partial charge in [-0.15, -0.1) is 0 Å². The van der Waals surface area contributed by atoms with Crippen LogP contribution in [0.15, 0.2) is 48.5 Å². The summed E-state index contributed by atoms with van der Waals surface area (Å²) in [5.41, 5.74) is 6.45. The van der Waals surface area contributed by atoms with Crippen molar-refractivity contribution in [3.8, 4) is 0 Å². The van der Waals surface area contributed by atoms with Crippen LogP contribution >= 0.6 is 23.2 Å². The highest BCUT2D eigenvalue weighted by molar-refractivity contribution is 6.30. The van der Waals surface area contributed by atoms with E-state index in [1.165, 1.54) is 12.1 Å². The number of aliphatic hydroxyl groups is 1. The second-order valence-electron chi connectivity index (χ2n) is 3.78. The maximum atomic E-state index is 12.1. The van der Waals surface area contributed by atoms with Crippen LogP contribution < -0.4 is 5.73 Å². The summed E-state index contributed by atoms with van der Waals surface area (Å²) in [7, 11) is 0. The summed E-state index contributed by atoms with van der Waals surface area (Å²) in [6.45, 7) is 3.96. The Bertz CT molecular complexity index is 489. The molecule has 0 saturated carbocycles. The van der Waals surface area contributed by atoms with Crippen molar-refractivity contribution in [2.75, 3.05) is 6.61 Å². The minimum Gasteiger partial charge on any atom is -0.394 e. The molecular weight excluding hydrogens is 312 g/mol. The number of rotatable bonds is 2. The first-order chi connectivity index (χ1) is 10.0. The molecule has 3 N–H and O–H groups in total. The molecule has 0 saturated heterocycles. The van der Waals surface area contributed by atoms with Crippen LogP contribution in [-0.4, -0.2) is 11.7 Å². The summed E-state index contributed by atoms with van der Waals surface area (Å²) >= 11 is 11.1. The minimum atomic E-state index is -0.299. The van der Waals surface area contributed by atoms with Crippen molar-refractivity contribution in [3.05, 3.63) is 70.0 Å². The normalized spacial score (nSPS) is 10.6. The number of benzene rings is 2. The first-order valence-corrected chi connectivity index (χ1v) is 7.31. The maximum Gasteiger partial charge on any atom is 0.124 e. The maximum absolute atomic E-state index is 12.1. The summed E-state index contributed by atoms with van der Waals surface area (Å²) in [5.74, 6) is -0.294. The lowest BCUT2D eigenvalue weighted by molar-refractivity contribution is 0.268. The van der Waals surface area contributed by atoms with Gasteiger partial charge in [-0.1, -0.05) is 55.2 Å². The molecule has 21 heavy (non-hydrogen) atoms. The highest BCUT2D eigenvalue weighted by atomic mass is 35.5. The third-order valence-corrected chi connectivity index (χ3v) is 2.77. The number of hydrogen-bond acceptors (Lipinski definition) is 2. The van der Waals surface area contributed by atoms with E-state index in [1.807, 2.05) is 26.0 Å². The van der Waals surface area contributed by atoms with Gasteiger partial charge >= 0.3 is 0 Å². The van der Waals surface area contributed by atoms with Gasteiger partial charge in [0.15, 0.2) is 0 Å². The molecule has 0 amide bonds. The van der Waals surface area contributed by atoms with Crippen molar-refractivity contribution in [2.24, 2.45) is 5.73 Å². The third-order valence-electron chi connectivity index (χ3n) is 2.28. The van der Waals surface area contributed by atoms with Crippen molar-refractivity contribution in [2.45, 2.75) is 19.9 Å². The van der Waals surface area contributed by atoms with Gasteiger partial charge in [-0.25, -0.2) is 4.39 Å². The summed E-state index contributed by atoms with van der Waals surface area (Å²) < 4.78 is 12.1. The Labute approximate surface area is 135 Å². The van der Waals surface area contributed by atoms with Crippen LogP contribution in [0, 0.1) is 5.82 Å². The van der Waals surface area contributed by atoms with E-state index in [0.717, 1.165) is 5.56 Å². The van der Waals surface area contributed by atoms with Crippen molar-refractivity contribution < 1.29 is 9.50 Å². The first kappa shape index (κ1) is 19.9. The Morgan fingerprint density at radius 3 is 2.00 bits per heavy atom. The van der Waals surface area contributed by atoms with Gasteiger partial charge in [0.25, 0.3) is 0 Å². The highest BCUT2D eigenvalue weighted by Crippen LogP contribution is 2.13. The zero-order valence-electron chi connectivity index (χ0n) is 12.1. The van der Waals surface area contributed by atoms with Gasteiger partial charge in [0.1, 0.15) is 5.82 Å². The van der Waals surface area contributed by atoms with Gasteiger partial charge in [-0.2, -0.15) is 0 Å². The average Bonchev–Trinajstić information content (AvgIpc) is 2.50. The molecule has 2 rings (SSSR count). The molecule has 1 atom stereocenters. The van der Waals surface area contributed by atoms with Crippen molar-refractivity contribution >= 4 is 23.2 Å². The fourth-order valence-corrected chi connectivity index (χ4v) is 1.58. The molecule has 2 aromatic carbocycles. The molecule has 0 aromatic heterocycles. The summed E-state index contributed by atoms with van der Waals surface area (Å²) in [6.07, 6.45) is 0. The average molecular weight is 332 g/mol. The molecule has 0 aliphatic heterocycles. The monoisotopic (exact) mass is 331 g/mol. The molecule has 0 heterocycles. The van der Waals surface area contributed by atoms with Crippen LogP contribution in [0.25, 0.3) is 0 Å². The first-order valence-electron chi connectivity index (χ1n) is 6.56. The van der Waals surface area contributed by atoms with Crippen molar-refractivity contribution in [1.82, 2.24) is 0 Å². The minimum absolute atomic E-state index is 0.0400. The number of hydrogen-bond donors (Lipinski definition) is 2. The number of nitrogens with two attached hydrogens (primary N) is 1. The fraction of sp³-hybridized carbons (Fsp3) is 0.250. The van der Waals surface area contributed by atoms with Crippen LogP contribution in [0.1, 0.15) is 25.5 Å². The van der Waals surface area contributed by atoms with E-state index in [2.05, 4.69) is 0 Å². The smallest absolute Gasteiger partial charge is 0.124 e. The largest absolute Gasteiger partial charge is 0.394 e. The zero-order valence-corrected chi connectivity index (χ0v) is 13.6. The van der Waals surface area contributed by atoms with Crippen LogP contribution in [-0.2, 0) is 0 Å². The van der Waals surface area contributed by atoms with Crippen molar-refractivity contribution in [3.63, 3.8) is 0 Å². The van der Waals surface area contributed by atoms with E-state index in [1.54, 1.807) is 24.3 Å². The van der Waals surface area contributed by atoms with Crippen LogP contribution in [0.5, 0.6) is 0 Å². The Hall–Kier alpha value is -1.13. The quantitative estimate of drug-likeness (QED) is 0.827. The molecular formula is C16H20Cl2FNO. The van der Waals surface area contributed by atoms with Crippen molar-refractivity contribution in [1.29, 1.82) is 0 Å². The van der Waals surface area contributed by atoms with Gasteiger partial charge in [0.05, 0.1) is 12.6 Å². The summed E-state index contributed by atoms with van der Waals surface area (Å²) in [4.78, 5) is 0. The van der Waals surface area contributed by atoms with E-state index >= 15 is 0 Å². The third kappa shape index (κ3) is 8.68. The number of halogens is 3. The SMILES string of the molecule is CC.Fc1cccc(Cl)c1.NC(CO)c1ccc(Cl)cc1. The molecule has 0 aliphatic carbocycles. The standard InChI is InChI=1S/C8H10ClNO.C6H4ClF.C2H6/c9-7-3-1-6(2-4-7)8(10)5-11;7-5-2-1-3-6(8)4-5;1-2/h1-4,8,11H,5,10H2;1-4H;1-2H3. The lowest BCUT2D eigenvalue weighted by Crippen LogP contribution is -2.13. The van der Waals surface area contributed by atoms with Crippen LogP contribution in [0.2, 0.25) is 10.0 Å². The molecule has 0 radical (unpaired) electrons. The molecule has 0 aliphatic rings. The predicted molar refractivity (Wildman–Crippen MR) is 88.2 cm³/mol. The van der Waals surface area contributed by atoms with E-state index in [-0.39, 0.29) is 18.5 Å². The lowest BCUT2D eigenvalue weighted by atomic mass is 10.1. The Balaban J connectivity index is 0.000000354. The second kappa shape index (κ2) is 11.5. The van der Waals surface area contributed by atoms with Gasteiger partial charge < -0.3 is 10.8 Å². The van der Waals surface area contributed by atoms with Gasteiger partial charge in [0, 0.05) is 10.0 Å². The molecule has 1 unspecified atom stereocenters. The fourth-order valence-electron chi connectivity index (χ4n) is 1.28. The van der Waals surface area contributed by atoms with Gasteiger partial charge in [-0.3, -0.25) is 0 Å².